The third-order valence-corrected chi connectivity index (χ3v) is 5.22. The zero-order valence-electron chi connectivity index (χ0n) is 13.3. The molecule has 0 aliphatic carbocycles. The molecule has 0 atom stereocenters. The molecule has 0 unspecified atom stereocenters. The Morgan fingerprint density at radius 2 is 2.00 bits per heavy atom. The van der Waals surface area contributed by atoms with E-state index in [-0.39, 0.29) is 0 Å². The molecule has 2 aromatic heterocycles. The first-order valence-corrected chi connectivity index (χ1v) is 9.45. The fourth-order valence-electron chi connectivity index (χ4n) is 1.96. The van der Waals surface area contributed by atoms with Gasteiger partial charge in [-0.15, -0.1) is 10.2 Å². The van der Waals surface area contributed by atoms with Gasteiger partial charge in [-0.1, -0.05) is 41.3 Å². The summed E-state index contributed by atoms with van der Waals surface area (Å²) in [6.45, 7) is 3.39. The standard InChI is InChI=1S/C17H18N4OS2/c1-2-18-16-20-21-17(24-16)23-12-13-6-8-15(9-7-13)22-11-14-5-3-4-10-19-14/h3-10H,2,11-12H2,1H3,(H,18,20). The number of pyridine rings is 1. The third-order valence-electron chi connectivity index (χ3n) is 3.13. The van der Waals surface area contributed by atoms with Gasteiger partial charge in [-0.05, 0) is 36.8 Å². The zero-order valence-corrected chi connectivity index (χ0v) is 14.9. The largest absolute Gasteiger partial charge is 0.487 e. The van der Waals surface area contributed by atoms with Crippen LogP contribution in [0.2, 0.25) is 0 Å². The molecule has 1 N–H and O–H groups in total. The summed E-state index contributed by atoms with van der Waals surface area (Å²) in [7, 11) is 0. The lowest BCUT2D eigenvalue weighted by molar-refractivity contribution is 0.301. The number of hydrogen-bond acceptors (Lipinski definition) is 7. The highest BCUT2D eigenvalue weighted by atomic mass is 32.2. The summed E-state index contributed by atoms with van der Waals surface area (Å²) in [4.78, 5) is 4.24. The van der Waals surface area contributed by atoms with Crippen molar-refractivity contribution in [1.82, 2.24) is 15.2 Å². The summed E-state index contributed by atoms with van der Waals surface area (Å²) >= 11 is 3.27. The number of benzene rings is 1. The van der Waals surface area contributed by atoms with E-state index in [1.54, 1.807) is 29.3 Å². The zero-order chi connectivity index (χ0) is 16.6. The van der Waals surface area contributed by atoms with Crippen molar-refractivity contribution in [1.29, 1.82) is 0 Å². The van der Waals surface area contributed by atoms with E-state index in [9.17, 15) is 0 Å². The minimum atomic E-state index is 0.479. The molecule has 3 aromatic rings. The van der Waals surface area contributed by atoms with Gasteiger partial charge < -0.3 is 10.1 Å². The number of nitrogens with zero attached hydrogens (tertiary/aromatic N) is 3. The number of rotatable bonds is 8. The number of aromatic nitrogens is 3. The van der Waals surface area contributed by atoms with E-state index in [1.807, 2.05) is 37.3 Å². The van der Waals surface area contributed by atoms with Crippen LogP contribution in [0.1, 0.15) is 18.2 Å². The highest BCUT2D eigenvalue weighted by Crippen LogP contribution is 2.28. The number of nitrogens with one attached hydrogen (secondary N) is 1. The summed E-state index contributed by atoms with van der Waals surface area (Å²) in [6, 6.07) is 13.9. The van der Waals surface area contributed by atoms with Crippen LogP contribution in [0.25, 0.3) is 0 Å². The second-order valence-electron chi connectivity index (χ2n) is 4.95. The summed E-state index contributed by atoms with van der Waals surface area (Å²) in [5, 5.41) is 12.3. The molecule has 24 heavy (non-hydrogen) atoms. The Morgan fingerprint density at radius 1 is 1.12 bits per heavy atom. The quantitative estimate of drug-likeness (QED) is 0.608. The Hall–Kier alpha value is -2.12. The number of hydrogen-bond donors (Lipinski definition) is 1. The molecule has 2 heterocycles. The van der Waals surface area contributed by atoms with Crippen molar-refractivity contribution in [3.05, 3.63) is 59.9 Å². The van der Waals surface area contributed by atoms with Crippen LogP contribution in [0.5, 0.6) is 5.75 Å². The smallest absolute Gasteiger partial charge is 0.206 e. The summed E-state index contributed by atoms with van der Waals surface area (Å²) in [5.41, 5.74) is 2.15. The first-order valence-electron chi connectivity index (χ1n) is 7.65. The predicted octanol–water partition coefficient (Wildman–Crippen LogP) is 4.24. The topological polar surface area (TPSA) is 59.9 Å². The van der Waals surface area contributed by atoms with Crippen molar-refractivity contribution in [2.24, 2.45) is 0 Å². The van der Waals surface area contributed by atoms with E-state index in [1.165, 1.54) is 5.56 Å². The third kappa shape index (κ3) is 4.94. The van der Waals surface area contributed by atoms with Crippen LogP contribution < -0.4 is 10.1 Å². The average Bonchev–Trinajstić information content (AvgIpc) is 3.08. The van der Waals surface area contributed by atoms with Gasteiger partial charge in [0.25, 0.3) is 0 Å². The van der Waals surface area contributed by atoms with Crippen LogP contribution in [-0.4, -0.2) is 21.7 Å². The molecule has 0 fully saturated rings. The van der Waals surface area contributed by atoms with E-state index >= 15 is 0 Å². The van der Waals surface area contributed by atoms with Crippen molar-refractivity contribution < 1.29 is 4.74 Å². The molecule has 0 aliphatic rings. The monoisotopic (exact) mass is 358 g/mol. The fraction of sp³-hybridized carbons (Fsp3) is 0.235. The van der Waals surface area contributed by atoms with Gasteiger partial charge in [0, 0.05) is 18.5 Å². The minimum Gasteiger partial charge on any atom is -0.487 e. The molecule has 0 saturated carbocycles. The van der Waals surface area contributed by atoms with Crippen LogP contribution in [-0.2, 0) is 12.4 Å². The van der Waals surface area contributed by atoms with Crippen LogP contribution in [0.3, 0.4) is 0 Å². The maximum absolute atomic E-state index is 5.74. The van der Waals surface area contributed by atoms with Gasteiger partial charge >= 0.3 is 0 Å². The number of ether oxygens (including phenoxy) is 1. The summed E-state index contributed by atoms with van der Waals surface area (Å²) in [6.07, 6.45) is 1.77. The first kappa shape index (κ1) is 16.7. The van der Waals surface area contributed by atoms with Gasteiger partial charge in [0.15, 0.2) is 4.34 Å². The lowest BCUT2D eigenvalue weighted by Gasteiger charge is -2.06. The van der Waals surface area contributed by atoms with Crippen molar-refractivity contribution >= 4 is 28.2 Å². The fourth-order valence-corrected chi connectivity index (χ4v) is 3.73. The van der Waals surface area contributed by atoms with E-state index in [4.69, 9.17) is 4.74 Å². The maximum Gasteiger partial charge on any atom is 0.206 e. The highest BCUT2D eigenvalue weighted by Gasteiger charge is 2.04. The van der Waals surface area contributed by atoms with E-state index < -0.39 is 0 Å². The summed E-state index contributed by atoms with van der Waals surface area (Å²) < 4.78 is 6.72. The van der Waals surface area contributed by atoms with Crippen LogP contribution >= 0.6 is 23.1 Å². The molecule has 0 radical (unpaired) electrons. The number of anilines is 1. The Balaban J connectivity index is 1.48. The van der Waals surface area contributed by atoms with E-state index in [0.29, 0.717) is 6.61 Å². The first-order chi connectivity index (χ1) is 11.8. The SMILES string of the molecule is CCNc1nnc(SCc2ccc(OCc3ccccn3)cc2)s1. The van der Waals surface area contributed by atoms with Crippen LogP contribution in [0.15, 0.2) is 53.0 Å². The van der Waals surface area contributed by atoms with Crippen molar-refractivity contribution in [2.45, 2.75) is 23.6 Å². The molecule has 0 amide bonds. The molecule has 3 rings (SSSR count). The van der Waals surface area contributed by atoms with Gasteiger partial charge in [-0.25, -0.2) is 0 Å². The molecule has 0 bridgehead atoms. The van der Waals surface area contributed by atoms with Crippen LogP contribution in [0, 0.1) is 0 Å². The van der Waals surface area contributed by atoms with Crippen molar-refractivity contribution in [3.8, 4) is 5.75 Å². The Bertz CT molecular complexity index is 747. The molecule has 0 spiro atoms. The van der Waals surface area contributed by atoms with Crippen molar-refractivity contribution in [3.63, 3.8) is 0 Å². The van der Waals surface area contributed by atoms with Gasteiger partial charge in [-0.2, -0.15) is 0 Å². The second kappa shape index (κ2) is 8.65. The molecular weight excluding hydrogens is 340 g/mol. The Morgan fingerprint density at radius 3 is 2.75 bits per heavy atom. The number of thioether (sulfide) groups is 1. The molecule has 5 nitrogen and oxygen atoms in total. The Kier molecular flexibility index (Phi) is 6.03. The normalized spacial score (nSPS) is 10.5. The van der Waals surface area contributed by atoms with Gasteiger partial charge in [-0.3, -0.25) is 4.98 Å². The van der Waals surface area contributed by atoms with Crippen molar-refractivity contribution in [2.75, 3.05) is 11.9 Å². The molecule has 124 valence electrons. The maximum atomic E-state index is 5.74. The minimum absolute atomic E-state index is 0.479. The summed E-state index contributed by atoms with van der Waals surface area (Å²) in [5.74, 6) is 1.71. The lowest BCUT2D eigenvalue weighted by atomic mass is 10.2. The molecule has 0 aliphatic heterocycles. The average molecular weight is 358 g/mol. The molecule has 7 heteroatoms. The van der Waals surface area contributed by atoms with Crippen LogP contribution in [0.4, 0.5) is 5.13 Å². The highest BCUT2D eigenvalue weighted by molar-refractivity contribution is 8.00. The lowest BCUT2D eigenvalue weighted by Crippen LogP contribution is -1.97. The second-order valence-corrected chi connectivity index (χ2v) is 7.15. The van der Waals surface area contributed by atoms with Gasteiger partial charge in [0.05, 0.1) is 5.69 Å². The molecular formula is C17H18N4OS2. The van der Waals surface area contributed by atoms with Gasteiger partial charge in [0.2, 0.25) is 5.13 Å². The van der Waals surface area contributed by atoms with E-state index in [0.717, 1.165) is 33.2 Å². The van der Waals surface area contributed by atoms with Gasteiger partial charge in [0.1, 0.15) is 12.4 Å². The Labute approximate surface area is 149 Å². The molecule has 1 aromatic carbocycles. The molecule has 0 saturated heterocycles. The predicted molar refractivity (Wildman–Crippen MR) is 98.6 cm³/mol. The van der Waals surface area contributed by atoms with E-state index in [2.05, 4.69) is 32.6 Å².